The quantitative estimate of drug-likeness (QED) is 0.562. The minimum atomic E-state index is -0.581. The maximum absolute atomic E-state index is 3.85. The smallest absolute Gasteiger partial charge is 1.00 e. The van der Waals surface area contributed by atoms with Gasteiger partial charge in [-0.2, -0.15) is 0 Å². The van der Waals surface area contributed by atoms with Crippen molar-refractivity contribution in [3.8, 4) is 0 Å². The van der Waals surface area contributed by atoms with Gasteiger partial charge < -0.3 is 24.8 Å². The molecule has 0 nitrogen and oxygen atoms in total. The third-order valence-corrected chi connectivity index (χ3v) is 9.57. The molecule has 0 aromatic heterocycles. The number of benzene rings is 2. The van der Waals surface area contributed by atoms with E-state index in [4.69, 9.17) is 0 Å². The second-order valence-corrected chi connectivity index (χ2v) is 10.2. The first-order chi connectivity index (χ1) is 10.2. The fourth-order valence-electron chi connectivity index (χ4n) is 3.21. The van der Waals surface area contributed by atoms with Crippen molar-refractivity contribution < 1.29 is 48.0 Å². The summed E-state index contributed by atoms with van der Waals surface area (Å²) in [7, 11) is 0. The molecule has 0 aliphatic heterocycles. The Hall–Kier alpha value is -0.137. The summed E-state index contributed by atoms with van der Waals surface area (Å²) in [6, 6.07) is 11.1. The normalized spacial score (nSPS) is 17.7. The molecule has 0 amide bonds. The molecule has 1 unspecified atom stereocenters. The van der Waals surface area contributed by atoms with Crippen molar-refractivity contribution in [1.29, 1.82) is 0 Å². The minimum absolute atomic E-state index is 0. The van der Waals surface area contributed by atoms with Gasteiger partial charge in [0.15, 0.2) is 0 Å². The van der Waals surface area contributed by atoms with E-state index < -0.39 is 23.2 Å². The number of allylic oxidation sites excluding steroid dienone is 5. The Bertz CT molecular complexity index is 837. The first-order valence-electron chi connectivity index (χ1n) is 7.25. The van der Waals surface area contributed by atoms with Gasteiger partial charge in [-0.25, -0.2) is 0 Å². The van der Waals surface area contributed by atoms with Crippen LogP contribution in [0.15, 0.2) is 61.9 Å². The van der Waals surface area contributed by atoms with Crippen LogP contribution < -0.4 is 24.8 Å². The summed E-state index contributed by atoms with van der Waals surface area (Å²) in [5.41, 5.74) is 4.53. The van der Waals surface area contributed by atoms with E-state index in [-0.39, 0.29) is 24.8 Å². The molecule has 0 heterocycles. The molecule has 0 N–H and O–H groups in total. The fourth-order valence-corrected chi connectivity index (χ4v) is 7.61. The summed E-state index contributed by atoms with van der Waals surface area (Å²) in [4.78, 5) is 0. The number of halogens is 3. The van der Waals surface area contributed by atoms with Crippen molar-refractivity contribution >= 4 is 32.8 Å². The molecule has 0 radical (unpaired) electrons. The van der Waals surface area contributed by atoms with E-state index in [1.54, 1.807) is 14.4 Å². The minimum Gasteiger partial charge on any atom is -1.00 e. The molecule has 4 heteroatoms. The van der Waals surface area contributed by atoms with Gasteiger partial charge in [-0.1, -0.05) is 0 Å². The Morgan fingerprint density at radius 2 is 1.96 bits per heavy atom. The topological polar surface area (TPSA) is 0 Å². The molecule has 0 spiro atoms. The van der Waals surface area contributed by atoms with Crippen LogP contribution in [0.3, 0.4) is 0 Å². The molecule has 0 fully saturated rings. The van der Waals surface area contributed by atoms with E-state index >= 15 is 0 Å². The van der Waals surface area contributed by atoms with E-state index in [1.807, 2.05) is 0 Å². The monoisotopic (exact) mass is 482 g/mol. The molecule has 23 heavy (non-hydrogen) atoms. The maximum atomic E-state index is 3.85. The van der Waals surface area contributed by atoms with Gasteiger partial charge in [-0.05, 0) is 0 Å². The van der Waals surface area contributed by atoms with Crippen molar-refractivity contribution in [2.75, 3.05) is 0 Å². The van der Waals surface area contributed by atoms with E-state index in [1.165, 1.54) is 27.2 Å². The Labute approximate surface area is 169 Å². The molecule has 2 aromatic carbocycles. The summed E-state index contributed by atoms with van der Waals surface area (Å²) in [5.74, 6) is 0. The van der Waals surface area contributed by atoms with Crippen LogP contribution in [0.4, 0.5) is 0 Å². The average molecular weight is 485 g/mol. The summed E-state index contributed by atoms with van der Waals surface area (Å²) >= 11 is 3.27. The van der Waals surface area contributed by atoms with Crippen LogP contribution in [0, 0.1) is 0 Å². The van der Waals surface area contributed by atoms with Gasteiger partial charge in [0.25, 0.3) is 0 Å². The number of hydrogen-bond acceptors (Lipinski definition) is 0. The maximum Gasteiger partial charge on any atom is -1.00 e. The van der Waals surface area contributed by atoms with Crippen molar-refractivity contribution in [1.82, 2.24) is 0 Å². The van der Waals surface area contributed by atoms with E-state index in [0.717, 1.165) is 0 Å². The van der Waals surface area contributed by atoms with Crippen LogP contribution in [-0.2, 0) is 23.2 Å². The first kappa shape index (κ1) is 19.2. The fraction of sp³-hybridized carbons (Fsp3) is 0.158. The van der Waals surface area contributed by atoms with Crippen molar-refractivity contribution in [2.24, 2.45) is 0 Å². The van der Waals surface area contributed by atoms with E-state index in [9.17, 15) is 0 Å². The average Bonchev–Trinajstić information content (AvgIpc) is 3.10. The summed E-state index contributed by atoms with van der Waals surface area (Å²) in [5, 5.41) is 2.68. The second kappa shape index (κ2) is 7.83. The van der Waals surface area contributed by atoms with Crippen molar-refractivity contribution in [3.05, 3.63) is 73.0 Å². The molecule has 1 atom stereocenters. The molecule has 0 saturated carbocycles. The zero-order valence-corrected chi connectivity index (χ0v) is 18.2. The van der Waals surface area contributed by atoms with Crippen LogP contribution in [0.5, 0.6) is 0 Å². The Kier molecular flexibility index (Phi) is 6.53. The van der Waals surface area contributed by atoms with Crippen LogP contribution in [-0.4, -0.2) is 0 Å². The molecule has 4 rings (SSSR count). The second-order valence-electron chi connectivity index (χ2n) is 5.70. The van der Waals surface area contributed by atoms with Crippen LogP contribution in [0.2, 0.25) is 0 Å². The SMILES string of the molecule is CC1=Cc2c(cc3ccccc3c2Br)[CH]1[Zr+2][C]1=CC=CC1.[Cl-].[Cl-]. The predicted molar refractivity (Wildman–Crippen MR) is 89.9 cm³/mol. The molecular formula is C19H15BrCl2Zr. The summed E-state index contributed by atoms with van der Waals surface area (Å²) in [6.45, 7) is 2.31. The van der Waals surface area contributed by atoms with Crippen molar-refractivity contribution in [2.45, 2.75) is 17.0 Å². The summed E-state index contributed by atoms with van der Waals surface area (Å²) < 4.78 is 3.69. The Morgan fingerprint density at radius 3 is 2.70 bits per heavy atom. The van der Waals surface area contributed by atoms with Crippen molar-refractivity contribution in [3.63, 3.8) is 0 Å². The Balaban J connectivity index is 0.000000960. The molecule has 116 valence electrons. The molecule has 2 aliphatic rings. The van der Waals surface area contributed by atoms with Gasteiger partial charge in [0, 0.05) is 0 Å². The molecule has 0 bridgehead atoms. The van der Waals surface area contributed by atoms with Gasteiger partial charge in [0.05, 0.1) is 0 Å². The molecule has 2 aliphatic carbocycles. The van der Waals surface area contributed by atoms with Gasteiger partial charge >= 0.3 is 146 Å². The van der Waals surface area contributed by atoms with Gasteiger partial charge in [-0.15, -0.1) is 0 Å². The molecule has 0 saturated heterocycles. The number of hydrogen-bond donors (Lipinski definition) is 0. The Morgan fingerprint density at radius 1 is 1.17 bits per heavy atom. The largest absolute Gasteiger partial charge is 1.00 e. The number of fused-ring (bicyclic) bond motifs is 2. The first-order valence-corrected chi connectivity index (χ1v) is 10.7. The number of rotatable bonds is 2. The van der Waals surface area contributed by atoms with Crippen LogP contribution in [0.1, 0.15) is 28.1 Å². The zero-order valence-electron chi connectivity index (χ0n) is 12.6. The van der Waals surface area contributed by atoms with Gasteiger partial charge in [0.1, 0.15) is 0 Å². The van der Waals surface area contributed by atoms with Crippen LogP contribution >= 0.6 is 15.9 Å². The zero-order chi connectivity index (χ0) is 14.4. The predicted octanol–water partition coefficient (Wildman–Crippen LogP) is -0.00540. The third kappa shape index (κ3) is 3.47. The van der Waals surface area contributed by atoms with E-state index in [0.29, 0.717) is 3.63 Å². The molecule has 2 aromatic rings. The van der Waals surface area contributed by atoms with Gasteiger partial charge in [-0.3, -0.25) is 0 Å². The molecular weight excluding hydrogens is 470 g/mol. The van der Waals surface area contributed by atoms with Gasteiger partial charge in [0.2, 0.25) is 0 Å². The van der Waals surface area contributed by atoms with Crippen LogP contribution in [0.25, 0.3) is 16.8 Å². The van der Waals surface area contributed by atoms with E-state index in [2.05, 4.69) is 77.5 Å². The summed E-state index contributed by atoms with van der Waals surface area (Å²) in [6.07, 6.45) is 10.5. The standard InChI is InChI=1S/C14H10Br.C5H5.2ClH.Zr/c1-9-6-11-8-10-4-2-3-5-12(10)14(15)13(11)7-9;1-2-4-5-3-1;;;/h2-8H,1H3;1-3H,4H2;2*1H;/q;;;;+2/p-2. The third-order valence-electron chi connectivity index (χ3n) is 4.30.